The van der Waals surface area contributed by atoms with Gasteiger partial charge in [-0.25, -0.2) is 0 Å². The molecule has 2 aromatic carbocycles. The first-order valence-corrected chi connectivity index (χ1v) is 7.53. The summed E-state index contributed by atoms with van der Waals surface area (Å²) in [5.41, 5.74) is 5.19. The second-order valence-electron chi connectivity index (χ2n) is 5.02. The Morgan fingerprint density at radius 2 is 1.80 bits per heavy atom. The number of hydrogen-bond donors (Lipinski definition) is 1. The Balaban J connectivity index is 1.86. The van der Waals surface area contributed by atoms with E-state index in [1.807, 2.05) is 12.1 Å². The quantitative estimate of drug-likeness (QED) is 0.771. The fourth-order valence-corrected chi connectivity index (χ4v) is 2.68. The van der Waals surface area contributed by atoms with Gasteiger partial charge in [0.2, 0.25) is 0 Å². The number of halogens is 2. The SMILES string of the molecule is Cc1cccc(CNCCc2ccc(Cl)cc2Cl)c1C. The third-order valence-corrected chi connectivity index (χ3v) is 4.21. The summed E-state index contributed by atoms with van der Waals surface area (Å²) in [4.78, 5) is 0. The van der Waals surface area contributed by atoms with E-state index in [1.54, 1.807) is 6.07 Å². The first kappa shape index (κ1) is 15.4. The van der Waals surface area contributed by atoms with E-state index in [1.165, 1.54) is 16.7 Å². The summed E-state index contributed by atoms with van der Waals surface area (Å²) in [6.45, 7) is 6.10. The average Bonchev–Trinajstić information content (AvgIpc) is 2.41. The Labute approximate surface area is 130 Å². The summed E-state index contributed by atoms with van der Waals surface area (Å²) in [6.07, 6.45) is 0.904. The Morgan fingerprint density at radius 3 is 2.55 bits per heavy atom. The van der Waals surface area contributed by atoms with Crippen LogP contribution < -0.4 is 5.32 Å². The number of rotatable bonds is 5. The van der Waals surface area contributed by atoms with Crippen LogP contribution in [0.4, 0.5) is 0 Å². The Bertz CT molecular complexity index is 594. The third-order valence-electron chi connectivity index (χ3n) is 3.62. The molecule has 0 aromatic heterocycles. The van der Waals surface area contributed by atoms with Gasteiger partial charge >= 0.3 is 0 Å². The predicted octanol–water partition coefficient (Wildman–Crippen LogP) is 4.94. The van der Waals surface area contributed by atoms with E-state index in [4.69, 9.17) is 23.2 Å². The van der Waals surface area contributed by atoms with Crippen LogP contribution in [0.2, 0.25) is 10.0 Å². The van der Waals surface area contributed by atoms with Crippen LogP contribution in [0.3, 0.4) is 0 Å². The molecule has 0 amide bonds. The number of hydrogen-bond acceptors (Lipinski definition) is 1. The van der Waals surface area contributed by atoms with Gasteiger partial charge in [-0.05, 0) is 61.2 Å². The topological polar surface area (TPSA) is 12.0 Å². The van der Waals surface area contributed by atoms with Crippen molar-refractivity contribution in [2.75, 3.05) is 6.54 Å². The summed E-state index contributed by atoms with van der Waals surface area (Å²) < 4.78 is 0. The summed E-state index contributed by atoms with van der Waals surface area (Å²) in [5.74, 6) is 0. The van der Waals surface area contributed by atoms with E-state index in [0.29, 0.717) is 5.02 Å². The fraction of sp³-hybridized carbons (Fsp3) is 0.294. The molecule has 2 rings (SSSR count). The Morgan fingerprint density at radius 1 is 1.00 bits per heavy atom. The van der Waals surface area contributed by atoms with Crippen molar-refractivity contribution in [1.82, 2.24) is 5.32 Å². The van der Waals surface area contributed by atoms with Crippen molar-refractivity contribution >= 4 is 23.2 Å². The smallest absolute Gasteiger partial charge is 0.0453 e. The van der Waals surface area contributed by atoms with Crippen LogP contribution in [0.1, 0.15) is 22.3 Å². The van der Waals surface area contributed by atoms with E-state index < -0.39 is 0 Å². The minimum Gasteiger partial charge on any atom is -0.312 e. The lowest BCUT2D eigenvalue weighted by Crippen LogP contribution is -2.17. The predicted molar refractivity (Wildman–Crippen MR) is 87.8 cm³/mol. The lowest BCUT2D eigenvalue weighted by atomic mass is 10.0. The van der Waals surface area contributed by atoms with E-state index >= 15 is 0 Å². The lowest BCUT2D eigenvalue weighted by molar-refractivity contribution is 0.684. The first-order chi connectivity index (χ1) is 9.58. The van der Waals surface area contributed by atoms with Gasteiger partial charge in [0, 0.05) is 16.6 Å². The molecule has 0 heterocycles. The molecule has 0 bridgehead atoms. The normalized spacial score (nSPS) is 10.8. The van der Waals surface area contributed by atoms with Crippen molar-refractivity contribution in [1.29, 1.82) is 0 Å². The zero-order valence-corrected chi connectivity index (χ0v) is 13.4. The summed E-state index contributed by atoms with van der Waals surface area (Å²) >= 11 is 12.0. The van der Waals surface area contributed by atoms with Gasteiger partial charge in [-0.1, -0.05) is 47.5 Å². The zero-order chi connectivity index (χ0) is 14.5. The highest BCUT2D eigenvalue weighted by Gasteiger charge is 2.02. The van der Waals surface area contributed by atoms with Crippen LogP contribution in [0.25, 0.3) is 0 Å². The number of nitrogens with one attached hydrogen (secondary N) is 1. The fourth-order valence-electron chi connectivity index (χ4n) is 2.17. The largest absolute Gasteiger partial charge is 0.312 e. The molecule has 3 heteroatoms. The van der Waals surface area contributed by atoms with Crippen molar-refractivity contribution in [2.45, 2.75) is 26.8 Å². The van der Waals surface area contributed by atoms with Gasteiger partial charge in [0.05, 0.1) is 0 Å². The number of benzene rings is 2. The second kappa shape index (κ2) is 7.12. The number of aryl methyl sites for hydroxylation is 1. The molecule has 0 radical (unpaired) electrons. The highest BCUT2D eigenvalue weighted by atomic mass is 35.5. The first-order valence-electron chi connectivity index (χ1n) is 6.77. The van der Waals surface area contributed by atoms with Crippen LogP contribution in [-0.4, -0.2) is 6.54 Å². The monoisotopic (exact) mass is 307 g/mol. The molecule has 0 unspecified atom stereocenters. The molecule has 0 fully saturated rings. The molecule has 0 atom stereocenters. The van der Waals surface area contributed by atoms with Crippen LogP contribution in [-0.2, 0) is 13.0 Å². The van der Waals surface area contributed by atoms with E-state index in [0.717, 1.165) is 30.1 Å². The van der Waals surface area contributed by atoms with Crippen LogP contribution in [0.5, 0.6) is 0 Å². The molecular weight excluding hydrogens is 289 g/mol. The molecule has 0 aliphatic carbocycles. The van der Waals surface area contributed by atoms with Crippen molar-refractivity contribution in [2.24, 2.45) is 0 Å². The van der Waals surface area contributed by atoms with Gasteiger partial charge in [0.25, 0.3) is 0 Å². The van der Waals surface area contributed by atoms with Crippen LogP contribution in [0, 0.1) is 13.8 Å². The molecule has 1 nitrogen and oxygen atoms in total. The van der Waals surface area contributed by atoms with Crippen molar-refractivity contribution < 1.29 is 0 Å². The van der Waals surface area contributed by atoms with Crippen molar-refractivity contribution in [3.63, 3.8) is 0 Å². The summed E-state index contributed by atoms with van der Waals surface area (Å²) in [6, 6.07) is 12.1. The molecule has 2 aromatic rings. The van der Waals surface area contributed by atoms with Gasteiger partial charge in [0.15, 0.2) is 0 Å². The molecule has 0 spiro atoms. The Kier molecular flexibility index (Phi) is 5.47. The molecular formula is C17H19Cl2N. The maximum atomic E-state index is 6.16. The van der Waals surface area contributed by atoms with Gasteiger partial charge in [-0.15, -0.1) is 0 Å². The zero-order valence-electron chi connectivity index (χ0n) is 11.8. The van der Waals surface area contributed by atoms with Crippen molar-refractivity contribution in [3.05, 3.63) is 68.7 Å². The molecule has 1 N–H and O–H groups in total. The summed E-state index contributed by atoms with van der Waals surface area (Å²) in [5, 5.41) is 4.89. The Hall–Kier alpha value is -1.02. The summed E-state index contributed by atoms with van der Waals surface area (Å²) in [7, 11) is 0. The van der Waals surface area contributed by atoms with Crippen LogP contribution >= 0.6 is 23.2 Å². The van der Waals surface area contributed by atoms with Crippen molar-refractivity contribution in [3.8, 4) is 0 Å². The minimum absolute atomic E-state index is 0.682. The third kappa shape index (κ3) is 3.99. The van der Waals surface area contributed by atoms with Gasteiger partial charge in [0.1, 0.15) is 0 Å². The van der Waals surface area contributed by atoms with E-state index in [-0.39, 0.29) is 0 Å². The average molecular weight is 308 g/mol. The maximum Gasteiger partial charge on any atom is 0.0453 e. The maximum absolute atomic E-state index is 6.16. The van der Waals surface area contributed by atoms with Gasteiger partial charge in [-0.3, -0.25) is 0 Å². The highest BCUT2D eigenvalue weighted by Crippen LogP contribution is 2.21. The van der Waals surface area contributed by atoms with E-state index in [9.17, 15) is 0 Å². The molecule has 0 aliphatic heterocycles. The van der Waals surface area contributed by atoms with Gasteiger partial charge in [-0.2, -0.15) is 0 Å². The molecule has 106 valence electrons. The van der Waals surface area contributed by atoms with Gasteiger partial charge < -0.3 is 5.32 Å². The highest BCUT2D eigenvalue weighted by molar-refractivity contribution is 6.35. The second-order valence-corrected chi connectivity index (χ2v) is 5.87. The van der Waals surface area contributed by atoms with Crippen LogP contribution in [0.15, 0.2) is 36.4 Å². The minimum atomic E-state index is 0.682. The standard InChI is InChI=1S/C17H19Cl2N/c1-12-4-3-5-15(13(12)2)11-20-9-8-14-6-7-16(18)10-17(14)19/h3-7,10,20H,8-9,11H2,1-2H3. The van der Waals surface area contributed by atoms with E-state index in [2.05, 4.69) is 37.4 Å². The molecule has 0 saturated carbocycles. The molecule has 20 heavy (non-hydrogen) atoms. The molecule has 0 aliphatic rings. The molecule has 0 saturated heterocycles. The lowest BCUT2D eigenvalue weighted by Gasteiger charge is -2.10.